The number of carbonyl (C=O) groups is 2. The van der Waals surface area contributed by atoms with Crippen molar-refractivity contribution >= 4 is 22.1 Å². The van der Waals surface area contributed by atoms with E-state index in [0.29, 0.717) is 0 Å². The molecule has 0 spiro atoms. The van der Waals surface area contributed by atoms with Gasteiger partial charge in [-0.25, -0.2) is 4.18 Å². The SMILES string of the molecule is C=CC(=O)[C@H](CO[C@@H]1O[C@H](CO)[C@H](O)[C@H](OS(=O)(=O)O)[C@H]1O)NC(C)=O. The van der Waals surface area contributed by atoms with Crippen LogP contribution in [0.15, 0.2) is 12.7 Å². The molecule has 1 rings (SSSR count). The van der Waals surface area contributed by atoms with Crippen LogP contribution in [0, 0.1) is 0 Å². The molecule has 12 nitrogen and oxygen atoms in total. The third-order valence-corrected chi connectivity index (χ3v) is 3.87. The highest BCUT2D eigenvalue weighted by molar-refractivity contribution is 7.80. The molecule has 1 saturated heterocycles. The molecule has 26 heavy (non-hydrogen) atoms. The zero-order chi connectivity index (χ0) is 20.1. The molecule has 0 aromatic heterocycles. The minimum Gasteiger partial charge on any atom is -0.394 e. The molecule has 1 fully saturated rings. The van der Waals surface area contributed by atoms with Gasteiger partial charge >= 0.3 is 10.4 Å². The van der Waals surface area contributed by atoms with Gasteiger partial charge in [-0.2, -0.15) is 8.42 Å². The summed E-state index contributed by atoms with van der Waals surface area (Å²) in [6.07, 6.45) is -7.74. The number of ether oxygens (including phenoxy) is 2. The fourth-order valence-electron chi connectivity index (χ4n) is 2.22. The molecule has 0 bridgehead atoms. The van der Waals surface area contributed by atoms with Crippen molar-refractivity contribution in [1.29, 1.82) is 0 Å². The lowest BCUT2D eigenvalue weighted by molar-refractivity contribution is -0.297. The third-order valence-electron chi connectivity index (χ3n) is 3.40. The Hall–Kier alpha value is -1.45. The summed E-state index contributed by atoms with van der Waals surface area (Å²) >= 11 is 0. The van der Waals surface area contributed by atoms with Crippen molar-refractivity contribution in [2.75, 3.05) is 13.2 Å². The zero-order valence-corrected chi connectivity index (χ0v) is 14.5. The first-order chi connectivity index (χ1) is 12.0. The first-order valence-electron chi connectivity index (χ1n) is 7.33. The van der Waals surface area contributed by atoms with Crippen LogP contribution < -0.4 is 5.32 Å². The fraction of sp³-hybridized carbons (Fsp3) is 0.692. The molecule has 1 heterocycles. The minimum absolute atomic E-state index is 0.501. The summed E-state index contributed by atoms with van der Waals surface area (Å²) in [7, 11) is -5.05. The summed E-state index contributed by atoms with van der Waals surface area (Å²) in [5.74, 6) is -1.15. The summed E-state index contributed by atoms with van der Waals surface area (Å²) < 4.78 is 45.0. The molecule has 5 N–H and O–H groups in total. The van der Waals surface area contributed by atoms with E-state index in [1.807, 2.05) is 0 Å². The van der Waals surface area contributed by atoms with Gasteiger partial charge in [0.25, 0.3) is 0 Å². The van der Waals surface area contributed by atoms with Crippen LogP contribution in [0.4, 0.5) is 0 Å². The van der Waals surface area contributed by atoms with E-state index in [1.54, 1.807) is 0 Å². The Morgan fingerprint density at radius 1 is 1.35 bits per heavy atom. The average Bonchev–Trinajstić information content (AvgIpc) is 2.54. The van der Waals surface area contributed by atoms with Crippen LogP contribution in [0.2, 0.25) is 0 Å². The van der Waals surface area contributed by atoms with E-state index in [1.165, 1.54) is 0 Å². The summed E-state index contributed by atoms with van der Waals surface area (Å²) in [6.45, 7) is 3.13. The molecule has 13 heteroatoms. The van der Waals surface area contributed by atoms with Gasteiger partial charge in [0.15, 0.2) is 12.1 Å². The maximum Gasteiger partial charge on any atom is 0.397 e. The van der Waals surface area contributed by atoms with Crippen LogP contribution in [-0.2, 0) is 33.6 Å². The largest absolute Gasteiger partial charge is 0.397 e. The van der Waals surface area contributed by atoms with Crippen molar-refractivity contribution < 1.29 is 51.5 Å². The first-order valence-corrected chi connectivity index (χ1v) is 8.69. The predicted octanol–water partition coefficient (Wildman–Crippen LogP) is -3.11. The lowest BCUT2D eigenvalue weighted by Gasteiger charge is -2.41. The van der Waals surface area contributed by atoms with E-state index in [2.05, 4.69) is 16.1 Å². The van der Waals surface area contributed by atoms with Crippen molar-refractivity contribution in [3.05, 3.63) is 12.7 Å². The number of aliphatic hydroxyl groups is 3. The van der Waals surface area contributed by atoms with E-state index in [9.17, 15) is 33.3 Å². The minimum atomic E-state index is -5.05. The topological polar surface area (TPSA) is 189 Å². The molecule has 0 aliphatic carbocycles. The molecule has 6 atom stereocenters. The number of hydrogen-bond acceptors (Lipinski definition) is 10. The molecule has 0 unspecified atom stereocenters. The molecule has 0 aromatic carbocycles. The van der Waals surface area contributed by atoms with Crippen LogP contribution in [-0.4, -0.2) is 89.9 Å². The molecule has 1 aliphatic rings. The van der Waals surface area contributed by atoms with E-state index in [0.717, 1.165) is 13.0 Å². The van der Waals surface area contributed by atoms with E-state index < -0.39 is 72.1 Å². The van der Waals surface area contributed by atoms with Gasteiger partial charge < -0.3 is 30.1 Å². The summed E-state index contributed by atoms with van der Waals surface area (Å²) in [4.78, 5) is 22.8. The van der Waals surface area contributed by atoms with Gasteiger partial charge in [0, 0.05) is 6.92 Å². The van der Waals surface area contributed by atoms with E-state index in [-0.39, 0.29) is 0 Å². The van der Waals surface area contributed by atoms with Crippen LogP contribution in [0.5, 0.6) is 0 Å². The second-order valence-electron chi connectivity index (χ2n) is 5.39. The van der Waals surface area contributed by atoms with Crippen molar-refractivity contribution in [2.45, 2.75) is 43.7 Å². The quantitative estimate of drug-likeness (QED) is 0.195. The Bertz CT molecular complexity index is 622. The third kappa shape index (κ3) is 6.37. The number of carbonyl (C=O) groups excluding carboxylic acids is 2. The van der Waals surface area contributed by atoms with Crippen LogP contribution in [0.25, 0.3) is 0 Å². The number of hydrogen-bond donors (Lipinski definition) is 5. The number of nitrogens with one attached hydrogen (secondary N) is 1. The molecule has 150 valence electrons. The Morgan fingerprint density at radius 3 is 2.42 bits per heavy atom. The highest BCUT2D eigenvalue weighted by Gasteiger charge is 2.47. The smallest absolute Gasteiger partial charge is 0.394 e. The van der Waals surface area contributed by atoms with Crippen molar-refractivity contribution in [3.63, 3.8) is 0 Å². The predicted molar refractivity (Wildman–Crippen MR) is 82.9 cm³/mol. The number of rotatable bonds is 9. The van der Waals surface area contributed by atoms with Gasteiger partial charge in [0.05, 0.1) is 13.2 Å². The van der Waals surface area contributed by atoms with Crippen molar-refractivity contribution in [2.24, 2.45) is 0 Å². The maximum atomic E-state index is 11.7. The van der Waals surface area contributed by atoms with Gasteiger partial charge in [-0.05, 0) is 6.08 Å². The molecule has 0 radical (unpaired) electrons. The Kier molecular flexibility index (Phi) is 8.23. The first kappa shape index (κ1) is 22.6. The van der Waals surface area contributed by atoms with E-state index in [4.69, 9.17) is 14.0 Å². The normalized spacial score (nSPS) is 30.4. The molecule has 0 saturated carbocycles. The molecule has 0 aromatic rings. The zero-order valence-electron chi connectivity index (χ0n) is 13.7. The van der Waals surface area contributed by atoms with Gasteiger partial charge in [-0.15, -0.1) is 0 Å². The standard InChI is InChI=1S/C13H21NO11S/c1-3-8(17)7(14-6(2)16)5-23-13-11(19)12(25-26(20,21)22)10(18)9(4-15)24-13/h3,7,9-13,15,18-19H,1,4-5H2,2H3,(H,14,16)(H,20,21,22)/t7-,9+,10-,11+,12-,13+/m0/s1. The molecule has 1 aliphatic heterocycles. The van der Waals surface area contributed by atoms with Crippen molar-refractivity contribution in [3.8, 4) is 0 Å². The maximum absolute atomic E-state index is 11.7. The van der Waals surface area contributed by atoms with Gasteiger partial charge in [0.1, 0.15) is 30.5 Å². The van der Waals surface area contributed by atoms with Crippen LogP contribution >= 0.6 is 0 Å². The van der Waals surface area contributed by atoms with Gasteiger partial charge in [-0.3, -0.25) is 14.1 Å². The second kappa shape index (κ2) is 9.48. The summed E-state index contributed by atoms with van der Waals surface area (Å²) in [5, 5.41) is 31.4. The monoisotopic (exact) mass is 399 g/mol. The lowest BCUT2D eigenvalue weighted by atomic mass is 9.99. The summed E-state index contributed by atoms with van der Waals surface area (Å²) in [6, 6.07) is -1.17. The Morgan fingerprint density at radius 2 is 1.96 bits per heavy atom. The number of ketones is 1. The molecule has 1 amide bonds. The van der Waals surface area contributed by atoms with Crippen molar-refractivity contribution in [1.82, 2.24) is 5.32 Å². The van der Waals surface area contributed by atoms with Gasteiger partial charge in [-0.1, -0.05) is 6.58 Å². The number of aliphatic hydroxyl groups excluding tert-OH is 3. The second-order valence-corrected chi connectivity index (χ2v) is 6.44. The fourth-order valence-corrected chi connectivity index (χ4v) is 2.73. The van der Waals surface area contributed by atoms with Gasteiger partial charge in [0.2, 0.25) is 5.91 Å². The van der Waals surface area contributed by atoms with E-state index >= 15 is 0 Å². The molecular weight excluding hydrogens is 378 g/mol. The van der Waals surface area contributed by atoms with Crippen LogP contribution in [0.1, 0.15) is 6.92 Å². The summed E-state index contributed by atoms with van der Waals surface area (Å²) in [5.41, 5.74) is 0. The highest BCUT2D eigenvalue weighted by atomic mass is 32.3. The Labute approximate surface area is 149 Å². The molecular formula is C13H21NO11S. The number of amides is 1. The lowest BCUT2D eigenvalue weighted by Crippen LogP contribution is -2.61. The van der Waals surface area contributed by atoms with Crippen LogP contribution in [0.3, 0.4) is 0 Å². The Balaban J connectivity index is 2.90. The average molecular weight is 399 g/mol. The highest BCUT2D eigenvalue weighted by Crippen LogP contribution is 2.25.